The van der Waals surface area contributed by atoms with E-state index in [1.807, 2.05) is 0 Å². The summed E-state index contributed by atoms with van der Waals surface area (Å²) in [5, 5.41) is 0. The van der Waals surface area contributed by atoms with Crippen LogP contribution in [-0.4, -0.2) is 53.3 Å². The van der Waals surface area contributed by atoms with Crippen molar-refractivity contribution in [2.24, 2.45) is 5.92 Å². The molecule has 3 unspecified atom stereocenters. The Bertz CT molecular complexity index is 426. The summed E-state index contributed by atoms with van der Waals surface area (Å²) in [6.07, 6.45) is -3.59. The fourth-order valence-electron chi connectivity index (χ4n) is 2.16. The molecule has 0 aromatic heterocycles. The van der Waals surface area contributed by atoms with Crippen molar-refractivity contribution < 1.29 is 32.3 Å². The van der Waals surface area contributed by atoms with Crippen LogP contribution < -0.4 is 0 Å². The minimum atomic E-state index is -4.21. The molecule has 0 aliphatic carbocycles. The molecule has 6 nitrogen and oxygen atoms in total. The Balaban J connectivity index is 2.87. The molecular formula is C12H22F2NO5P. The number of likely N-dealkylation sites (tertiary alicyclic amines) is 1. The molecule has 21 heavy (non-hydrogen) atoms. The molecule has 0 aromatic carbocycles. The number of nitrogens with zero attached hydrogens (tertiary/aromatic N) is 1. The summed E-state index contributed by atoms with van der Waals surface area (Å²) in [5.41, 5.74) is -2.07. The molecule has 3 atom stereocenters. The smallest absolute Gasteiger partial charge is 0.410 e. The molecule has 9 heteroatoms. The number of hydrogen-bond acceptors (Lipinski definition) is 4. The third-order valence-corrected chi connectivity index (χ3v) is 5.05. The van der Waals surface area contributed by atoms with E-state index in [1.165, 1.54) is 6.92 Å². The van der Waals surface area contributed by atoms with Crippen molar-refractivity contribution in [2.75, 3.05) is 19.7 Å². The molecule has 1 aliphatic heterocycles. The van der Waals surface area contributed by atoms with Gasteiger partial charge in [0.1, 0.15) is 5.60 Å². The summed E-state index contributed by atoms with van der Waals surface area (Å²) in [5.74, 6) is -1.40. The number of halogens is 2. The highest BCUT2D eigenvalue weighted by molar-refractivity contribution is 7.53. The number of carbonyl (C=O) groups excluding carboxylic acids is 1. The van der Waals surface area contributed by atoms with Crippen molar-refractivity contribution in [1.29, 1.82) is 0 Å². The summed E-state index contributed by atoms with van der Waals surface area (Å²) in [7, 11) is -4.21. The van der Waals surface area contributed by atoms with Gasteiger partial charge < -0.3 is 19.1 Å². The Morgan fingerprint density at radius 3 is 2.43 bits per heavy atom. The van der Waals surface area contributed by atoms with Gasteiger partial charge in [0.05, 0.1) is 18.2 Å². The van der Waals surface area contributed by atoms with Gasteiger partial charge in [0.2, 0.25) is 6.43 Å². The van der Waals surface area contributed by atoms with Crippen LogP contribution in [0.2, 0.25) is 0 Å². The molecule has 1 N–H and O–H groups in total. The summed E-state index contributed by atoms with van der Waals surface area (Å²) in [6, 6.07) is 0. The first-order chi connectivity index (χ1) is 9.48. The van der Waals surface area contributed by atoms with E-state index in [-0.39, 0.29) is 19.7 Å². The predicted octanol–water partition coefficient (Wildman–Crippen LogP) is 2.71. The van der Waals surface area contributed by atoms with Crippen LogP contribution in [0.3, 0.4) is 0 Å². The van der Waals surface area contributed by atoms with Crippen molar-refractivity contribution in [1.82, 2.24) is 4.90 Å². The van der Waals surface area contributed by atoms with Crippen LogP contribution in [0.4, 0.5) is 13.6 Å². The van der Waals surface area contributed by atoms with Gasteiger partial charge in [0.25, 0.3) is 0 Å². The lowest BCUT2D eigenvalue weighted by Gasteiger charge is -2.24. The second kappa shape index (κ2) is 6.58. The SMILES string of the molecule is CCOP(=O)(O)C1CN(C(=O)OC(C)(C)C)CC1C(F)F. The Morgan fingerprint density at radius 1 is 1.43 bits per heavy atom. The van der Waals surface area contributed by atoms with Crippen LogP contribution >= 0.6 is 7.60 Å². The molecule has 0 aromatic rings. The predicted molar refractivity (Wildman–Crippen MR) is 72.5 cm³/mol. The van der Waals surface area contributed by atoms with Crippen molar-refractivity contribution in [3.63, 3.8) is 0 Å². The van der Waals surface area contributed by atoms with Gasteiger partial charge in [-0.2, -0.15) is 0 Å². The standard InChI is InChI=1S/C12H22F2NO5P/c1-5-19-21(17,18)9-7-15(6-8(9)10(13)14)11(16)20-12(2,3)4/h8-10H,5-7H2,1-4H3,(H,17,18). The van der Waals surface area contributed by atoms with Crippen molar-refractivity contribution in [2.45, 2.75) is 45.4 Å². The largest absolute Gasteiger partial charge is 0.444 e. The number of carbonyl (C=O) groups is 1. The first-order valence-corrected chi connectivity index (χ1v) is 8.35. The van der Waals surface area contributed by atoms with Crippen LogP contribution in [0.25, 0.3) is 0 Å². The third-order valence-electron chi connectivity index (χ3n) is 3.04. The molecule has 124 valence electrons. The van der Waals surface area contributed by atoms with E-state index in [0.29, 0.717) is 0 Å². The average molecular weight is 329 g/mol. The van der Waals surface area contributed by atoms with E-state index in [2.05, 4.69) is 0 Å². The first-order valence-electron chi connectivity index (χ1n) is 6.71. The second-order valence-corrected chi connectivity index (χ2v) is 7.98. The molecule has 0 spiro atoms. The molecule has 1 fully saturated rings. The maximum absolute atomic E-state index is 13.1. The Hall–Kier alpha value is -0.720. The zero-order chi connectivity index (χ0) is 16.4. The number of hydrogen-bond donors (Lipinski definition) is 1. The molecule has 1 saturated heterocycles. The Kier molecular flexibility index (Phi) is 5.75. The minimum absolute atomic E-state index is 0.0628. The van der Waals surface area contributed by atoms with Crippen LogP contribution in [0.5, 0.6) is 0 Å². The van der Waals surface area contributed by atoms with E-state index in [0.717, 1.165) is 4.90 Å². The van der Waals surface area contributed by atoms with E-state index in [1.54, 1.807) is 20.8 Å². The fourth-order valence-corrected chi connectivity index (χ4v) is 3.83. The lowest BCUT2D eigenvalue weighted by atomic mass is 10.1. The van der Waals surface area contributed by atoms with Crippen LogP contribution in [0.1, 0.15) is 27.7 Å². The number of rotatable bonds is 4. The second-order valence-electron chi connectivity index (χ2n) is 5.93. The number of amides is 1. The van der Waals surface area contributed by atoms with Gasteiger partial charge in [-0.25, -0.2) is 13.6 Å². The summed E-state index contributed by atoms with van der Waals surface area (Å²) in [6.45, 7) is 5.79. The van der Waals surface area contributed by atoms with Gasteiger partial charge in [-0.3, -0.25) is 4.57 Å². The highest BCUT2D eigenvalue weighted by Crippen LogP contribution is 2.54. The van der Waals surface area contributed by atoms with E-state index in [9.17, 15) is 23.0 Å². The number of ether oxygens (including phenoxy) is 1. The maximum atomic E-state index is 13.1. The molecule has 1 heterocycles. The van der Waals surface area contributed by atoms with Gasteiger partial charge in [-0.05, 0) is 27.7 Å². The third kappa shape index (κ3) is 4.90. The fraction of sp³-hybridized carbons (Fsp3) is 0.917. The van der Waals surface area contributed by atoms with Crippen LogP contribution in [0, 0.1) is 5.92 Å². The van der Waals surface area contributed by atoms with E-state index >= 15 is 0 Å². The first kappa shape index (κ1) is 18.3. The maximum Gasteiger partial charge on any atom is 0.410 e. The highest BCUT2D eigenvalue weighted by Gasteiger charge is 2.50. The molecular weight excluding hydrogens is 307 g/mol. The summed E-state index contributed by atoms with van der Waals surface area (Å²) >= 11 is 0. The van der Waals surface area contributed by atoms with Gasteiger partial charge in [-0.1, -0.05) is 0 Å². The molecule has 0 radical (unpaired) electrons. The zero-order valence-corrected chi connectivity index (χ0v) is 13.5. The molecule has 1 rings (SSSR count). The van der Waals surface area contributed by atoms with Gasteiger partial charge >= 0.3 is 13.7 Å². The monoisotopic (exact) mass is 329 g/mol. The quantitative estimate of drug-likeness (QED) is 0.803. The van der Waals surface area contributed by atoms with Gasteiger partial charge in [0.15, 0.2) is 0 Å². The lowest BCUT2D eigenvalue weighted by Crippen LogP contribution is -2.36. The summed E-state index contributed by atoms with van der Waals surface area (Å²) < 4.78 is 48.0. The van der Waals surface area contributed by atoms with Crippen LogP contribution in [0.15, 0.2) is 0 Å². The molecule has 0 saturated carbocycles. The van der Waals surface area contributed by atoms with E-state index in [4.69, 9.17) is 9.26 Å². The summed E-state index contributed by atoms with van der Waals surface area (Å²) in [4.78, 5) is 22.7. The molecule has 0 bridgehead atoms. The molecule has 1 amide bonds. The van der Waals surface area contributed by atoms with Gasteiger partial charge in [-0.15, -0.1) is 0 Å². The van der Waals surface area contributed by atoms with E-state index < -0.39 is 37.3 Å². The average Bonchev–Trinajstić information content (AvgIpc) is 2.71. The van der Waals surface area contributed by atoms with Gasteiger partial charge in [0, 0.05) is 13.1 Å². The Labute approximate surface area is 122 Å². The normalized spacial score (nSPS) is 26.0. The topological polar surface area (TPSA) is 76.1 Å². The van der Waals surface area contributed by atoms with Crippen molar-refractivity contribution in [3.05, 3.63) is 0 Å². The molecule has 1 aliphatic rings. The highest BCUT2D eigenvalue weighted by atomic mass is 31.2. The van der Waals surface area contributed by atoms with Crippen LogP contribution in [-0.2, 0) is 13.8 Å². The Morgan fingerprint density at radius 2 is 2.00 bits per heavy atom. The zero-order valence-electron chi connectivity index (χ0n) is 12.6. The minimum Gasteiger partial charge on any atom is -0.444 e. The van der Waals surface area contributed by atoms with Crippen molar-refractivity contribution in [3.8, 4) is 0 Å². The number of alkyl halides is 2. The lowest BCUT2D eigenvalue weighted by molar-refractivity contribution is 0.0254. The van der Waals surface area contributed by atoms with Crippen molar-refractivity contribution >= 4 is 13.7 Å².